The fourth-order valence-corrected chi connectivity index (χ4v) is 1.73. The Balaban J connectivity index is 2.52. The van der Waals surface area contributed by atoms with Crippen LogP contribution in [0.1, 0.15) is 16.8 Å². The summed E-state index contributed by atoms with van der Waals surface area (Å²) in [6.07, 6.45) is 0. The van der Waals surface area contributed by atoms with Crippen molar-refractivity contribution in [1.29, 1.82) is 0 Å². The first-order valence-electron chi connectivity index (χ1n) is 5.71. The molecule has 1 heterocycles. The number of nitrogens with one attached hydrogen (secondary N) is 1. The van der Waals surface area contributed by atoms with Crippen LogP contribution >= 0.6 is 0 Å². The van der Waals surface area contributed by atoms with E-state index in [4.69, 9.17) is 0 Å². The van der Waals surface area contributed by atoms with Crippen molar-refractivity contribution in [3.8, 4) is 11.3 Å². The van der Waals surface area contributed by atoms with Crippen molar-refractivity contribution in [2.45, 2.75) is 20.8 Å². The molecule has 0 bridgehead atoms. The van der Waals surface area contributed by atoms with Gasteiger partial charge in [0.15, 0.2) is 0 Å². The zero-order chi connectivity index (χ0) is 12.4. The Labute approximate surface area is 102 Å². The first-order valence-corrected chi connectivity index (χ1v) is 5.71. The lowest BCUT2D eigenvalue weighted by Crippen LogP contribution is -1.99. The molecule has 1 N–H and O–H groups in total. The lowest BCUT2D eigenvalue weighted by Gasteiger charge is -2.07. The zero-order valence-electron chi connectivity index (χ0n) is 10.7. The Morgan fingerprint density at radius 3 is 2.35 bits per heavy atom. The van der Waals surface area contributed by atoms with E-state index in [2.05, 4.69) is 47.3 Å². The summed E-state index contributed by atoms with van der Waals surface area (Å²) in [6, 6.07) is 8.40. The van der Waals surface area contributed by atoms with Gasteiger partial charge in [0, 0.05) is 18.3 Å². The summed E-state index contributed by atoms with van der Waals surface area (Å²) >= 11 is 0. The predicted octanol–water partition coefficient (Wildman–Crippen LogP) is 3.11. The van der Waals surface area contributed by atoms with Crippen molar-refractivity contribution < 1.29 is 0 Å². The number of aryl methyl sites for hydroxylation is 3. The minimum Gasteiger partial charge on any atom is -0.357 e. The maximum absolute atomic E-state index is 4.47. The van der Waals surface area contributed by atoms with Gasteiger partial charge in [-0.05, 0) is 44.0 Å². The van der Waals surface area contributed by atoms with Gasteiger partial charge >= 0.3 is 0 Å². The molecule has 88 valence electrons. The zero-order valence-corrected chi connectivity index (χ0v) is 10.7. The van der Waals surface area contributed by atoms with Gasteiger partial charge in [0.1, 0.15) is 0 Å². The summed E-state index contributed by atoms with van der Waals surface area (Å²) in [5.74, 6) is 0.665. The van der Waals surface area contributed by atoms with Gasteiger partial charge in [0.05, 0.1) is 5.69 Å². The molecule has 1 aromatic carbocycles. The van der Waals surface area contributed by atoms with Crippen molar-refractivity contribution in [3.63, 3.8) is 0 Å². The molecule has 0 aliphatic rings. The molecule has 0 aliphatic heterocycles. The number of hydrogen-bond acceptors (Lipinski definition) is 3. The SMILES string of the molecule is CNc1nc(C)cc(-c2ccc(C)c(C)c2)n1. The van der Waals surface area contributed by atoms with Gasteiger partial charge in [-0.25, -0.2) is 9.97 Å². The summed E-state index contributed by atoms with van der Waals surface area (Å²) in [6.45, 7) is 6.21. The normalized spacial score (nSPS) is 10.4. The standard InChI is InChI=1S/C14H17N3/c1-9-5-6-12(7-10(9)2)13-8-11(3)16-14(15-4)17-13/h5-8H,1-4H3,(H,15,16,17). The van der Waals surface area contributed by atoms with E-state index in [1.807, 2.05) is 20.0 Å². The number of benzene rings is 1. The van der Waals surface area contributed by atoms with Gasteiger partial charge in [-0.2, -0.15) is 0 Å². The third-order valence-corrected chi connectivity index (χ3v) is 2.88. The van der Waals surface area contributed by atoms with Crippen LogP contribution in [0, 0.1) is 20.8 Å². The topological polar surface area (TPSA) is 37.8 Å². The van der Waals surface area contributed by atoms with Gasteiger partial charge in [-0.3, -0.25) is 0 Å². The highest BCUT2D eigenvalue weighted by molar-refractivity contribution is 5.62. The molecular formula is C14H17N3. The van der Waals surface area contributed by atoms with Crippen LogP contribution in [0.3, 0.4) is 0 Å². The molecule has 0 spiro atoms. The first-order chi connectivity index (χ1) is 8.10. The number of hydrogen-bond donors (Lipinski definition) is 1. The molecule has 0 fully saturated rings. The van der Waals surface area contributed by atoms with E-state index in [9.17, 15) is 0 Å². The van der Waals surface area contributed by atoms with Crippen molar-refractivity contribution in [3.05, 3.63) is 41.1 Å². The Bertz CT molecular complexity index is 547. The quantitative estimate of drug-likeness (QED) is 0.856. The second kappa shape index (κ2) is 4.53. The second-order valence-electron chi connectivity index (χ2n) is 4.27. The smallest absolute Gasteiger partial charge is 0.223 e. The van der Waals surface area contributed by atoms with Crippen molar-refractivity contribution >= 4 is 5.95 Å². The summed E-state index contributed by atoms with van der Waals surface area (Å²) in [4.78, 5) is 8.77. The van der Waals surface area contributed by atoms with Crippen LogP contribution < -0.4 is 5.32 Å². The summed E-state index contributed by atoms with van der Waals surface area (Å²) in [5, 5.41) is 2.98. The van der Waals surface area contributed by atoms with Crippen LogP contribution in [-0.4, -0.2) is 17.0 Å². The van der Waals surface area contributed by atoms with Crippen LogP contribution in [0.15, 0.2) is 24.3 Å². The molecule has 0 unspecified atom stereocenters. The maximum Gasteiger partial charge on any atom is 0.223 e. The predicted molar refractivity (Wildman–Crippen MR) is 71.2 cm³/mol. The van der Waals surface area contributed by atoms with Gasteiger partial charge < -0.3 is 5.32 Å². The van der Waals surface area contributed by atoms with E-state index in [0.717, 1.165) is 17.0 Å². The number of nitrogens with zero attached hydrogens (tertiary/aromatic N) is 2. The van der Waals surface area contributed by atoms with Crippen LogP contribution in [0.25, 0.3) is 11.3 Å². The molecule has 3 heteroatoms. The number of rotatable bonds is 2. The molecule has 1 aromatic heterocycles. The van der Waals surface area contributed by atoms with E-state index in [-0.39, 0.29) is 0 Å². The lowest BCUT2D eigenvalue weighted by atomic mass is 10.0. The average Bonchev–Trinajstić information content (AvgIpc) is 2.32. The van der Waals surface area contributed by atoms with Crippen molar-refractivity contribution in [2.24, 2.45) is 0 Å². The van der Waals surface area contributed by atoms with E-state index < -0.39 is 0 Å². The van der Waals surface area contributed by atoms with E-state index in [1.54, 1.807) is 0 Å². The van der Waals surface area contributed by atoms with Crippen LogP contribution in [0.5, 0.6) is 0 Å². The molecule has 0 amide bonds. The van der Waals surface area contributed by atoms with E-state index in [1.165, 1.54) is 11.1 Å². The van der Waals surface area contributed by atoms with E-state index >= 15 is 0 Å². The van der Waals surface area contributed by atoms with E-state index in [0.29, 0.717) is 5.95 Å². The van der Waals surface area contributed by atoms with Gasteiger partial charge in [0.25, 0.3) is 0 Å². The molecule has 0 saturated carbocycles. The minimum atomic E-state index is 0.665. The molecule has 2 rings (SSSR count). The number of aromatic nitrogens is 2. The third-order valence-electron chi connectivity index (χ3n) is 2.88. The van der Waals surface area contributed by atoms with Gasteiger partial charge in [0.2, 0.25) is 5.95 Å². The van der Waals surface area contributed by atoms with Gasteiger partial charge in [-0.1, -0.05) is 12.1 Å². The van der Waals surface area contributed by atoms with Crippen LogP contribution in [0.4, 0.5) is 5.95 Å². The molecule has 0 saturated heterocycles. The Morgan fingerprint density at radius 1 is 0.941 bits per heavy atom. The third kappa shape index (κ3) is 2.44. The molecule has 0 aliphatic carbocycles. The first kappa shape index (κ1) is 11.6. The average molecular weight is 227 g/mol. The maximum atomic E-state index is 4.47. The Hall–Kier alpha value is -1.90. The Kier molecular flexibility index (Phi) is 3.09. The second-order valence-corrected chi connectivity index (χ2v) is 4.27. The fraction of sp³-hybridized carbons (Fsp3) is 0.286. The minimum absolute atomic E-state index is 0.665. The molecular weight excluding hydrogens is 210 g/mol. The lowest BCUT2D eigenvalue weighted by molar-refractivity contribution is 1.10. The monoisotopic (exact) mass is 227 g/mol. The van der Waals surface area contributed by atoms with Crippen molar-refractivity contribution in [2.75, 3.05) is 12.4 Å². The molecule has 2 aromatic rings. The molecule has 0 radical (unpaired) electrons. The highest BCUT2D eigenvalue weighted by atomic mass is 15.1. The molecule has 0 atom stereocenters. The van der Waals surface area contributed by atoms with Gasteiger partial charge in [-0.15, -0.1) is 0 Å². The molecule has 17 heavy (non-hydrogen) atoms. The van der Waals surface area contributed by atoms with Crippen LogP contribution in [0.2, 0.25) is 0 Å². The number of anilines is 1. The Morgan fingerprint density at radius 2 is 1.71 bits per heavy atom. The summed E-state index contributed by atoms with van der Waals surface area (Å²) in [5.41, 5.74) is 5.65. The fourth-order valence-electron chi connectivity index (χ4n) is 1.73. The summed E-state index contributed by atoms with van der Waals surface area (Å²) in [7, 11) is 1.83. The highest BCUT2D eigenvalue weighted by Gasteiger charge is 2.04. The van der Waals surface area contributed by atoms with Crippen molar-refractivity contribution in [1.82, 2.24) is 9.97 Å². The molecule has 3 nitrogen and oxygen atoms in total. The largest absolute Gasteiger partial charge is 0.357 e. The summed E-state index contributed by atoms with van der Waals surface area (Å²) < 4.78 is 0. The highest BCUT2D eigenvalue weighted by Crippen LogP contribution is 2.21. The van der Waals surface area contributed by atoms with Crippen LogP contribution in [-0.2, 0) is 0 Å².